The van der Waals surface area contributed by atoms with Gasteiger partial charge in [0.05, 0.1) is 22.1 Å². The molecule has 0 saturated heterocycles. The molecule has 3 heterocycles. The third kappa shape index (κ3) is 6.65. The number of imidazole rings is 2. The minimum atomic E-state index is -3.13. The first kappa shape index (κ1) is 39.4. The van der Waals surface area contributed by atoms with Crippen molar-refractivity contribution < 1.29 is 4.74 Å². The summed E-state index contributed by atoms with van der Waals surface area (Å²) in [7, 11) is -4.49. The van der Waals surface area contributed by atoms with Gasteiger partial charge in [-0.15, -0.1) is 0 Å². The Morgan fingerprint density at radius 1 is 0.541 bits per heavy atom. The second-order valence-electron chi connectivity index (χ2n) is 19.6. The van der Waals surface area contributed by atoms with Gasteiger partial charge in [-0.2, -0.15) is 0 Å². The Bertz CT molecular complexity index is 2990. The number of hydrogen-bond acceptors (Lipinski definition) is 2. The van der Waals surface area contributed by atoms with E-state index in [1.807, 2.05) is 0 Å². The molecule has 7 aromatic carbocycles. The normalized spacial score (nSPS) is 15.9. The molecule has 0 unspecified atom stereocenters. The van der Waals surface area contributed by atoms with Crippen LogP contribution in [0.15, 0.2) is 176 Å². The van der Waals surface area contributed by atoms with Crippen LogP contribution in [0.3, 0.4) is 0 Å². The number of nitrogens with zero attached hydrogens (tertiary/aromatic N) is 3. The average Bonchev–Trinajstić information content (AvgIpc) is 3.80. The maximum atomic E-state index is 7.51. The molecule has 0 radical (unpaired) electrons. The molecule has 7 heteroatoms. The molecule has 1 aliphatic heterocycles. The van der Waals surface area contributed by atoms with Gasteiger partial charge in [0.25, 0.3) is 0 Å². The molecule has 0 spiro atoms. The number of aromatic nitrogens is 3. The molecule has 1 aliphatic rings. The fourth-order valence-corrected chi connectivity index (χ4v) is 21.7. The van der Waals surface area contributed by atoms with Crippen molar-refractivity contribution in [1.29, 1.82) is 0 Å². The summed E-state index contributed by atoms with van der Waals surface area (Å²) >= 11 is 0. The van der Waals surface area contributed by atoms with Gasteiger partial charge in [0.1, 0.15) is 11.5 Å². The fraction of sp³-hybridized carbons (Fsp3) is 0.204. The van der Waals surface area contributed by atoms with E-state index in [0.29, 0.717) is 0 Å². The maximum Gasteiger partial charge on any atom is 0.220 e. The molecule has 0 fully saturated rings. The van der Waals surface area contributed by atoms with Crippen LogP contribution in [0.2, 0.25) is 12.1 Å². The molecule has 0 N–H and O–H groups in total. The second-order valence-corrected chi connectivity index (χ2v) is 28.8. The zero-order chi connectivity index (χ0) is 42.0. The van der Waals surface area contributed by atoms with Crippen molar-refractivity contribution in [2.75, 3.05) is 0 Å². The van der Waals surface area contributed by atoms with E-state index < -0.39 is 27.1 Å². The molecule has 0 atom stereocenters. The zero-order valence-electron chi connectivity index (χ0n) is 36.3. The van der Waals surface area contributed by atoms with Gasteiger partial charge in [-0.3, -0.25) is 8.97 Å². The lowest BCUT2D eigenvalue weighted by molar-refractivity contribution is 0.441. The van der Waals surface area contributed by atoms with Gasteiger partial charge in [-0.1, -0.05) is 187 Å². The highest BCUT2D eigenvalue weighted by Gasteiger charge is 2.49. The van der Waals surface area contributed by atoms with Gasteiger partial charge < -0.3 is 4.74 Å². The molecule has 304 valence electrons. The van der Waals surface area contributed by atoms with E-state index in [1.54, 1.807) is 0 Å². The van der Waals surface area contributed by atoms with E-state index in [2.05, 4.69) is 226 Å². The maximum absolute atomic E-state index is 7.51. The fourth-order valence-electron chi connectivity index (χ4n) is 10.2. The van der Waals surface area contributed by atoms with Crippen LogP contribution in [0, 0.1) is 10.8 Å². The molecular weight excluding hydrogens is 791 g/mol. The van der Waals surface area contributed by atoms with E-state index in [9.17, 15) is 0 Å². The van der Waals surface area contributed by atoms with Gasteiger partial charge in [-0.05, 0) is 85.2 Å². The quantitative estimate of drug-likeness (QED) is 0.107. The number of benzene rings is 7. The van der Waals surface area contributed by atoms with Crippen LogP contribution in [0.25, 0.3) is 33.5 Å². The Hall–Kier alpha value is -5.74. The SMILES string of the molecule is CC(C)(C)C[SiH2]C1([SiH2]CC(C)(C)C)c2ccccc2Oc2c1cccc2[Si](c1ccccc1)(c1ccccc1)c1cccc(-n2c3ccccc3n3c4ccccc4nc23)c1. The van der Waals surface area contributed by atoms with Crippen LogP contribution in [0.1, 0.15) is 52.7 Å². The number of rotatable bonds is 9. The van der Waals surface area contributed by atoms with Crippen LogP contribution < -0.4 is 25.5 Å². The van der Waals surface area contributed by atoms with E-state index in [1.165, 1.54) is 44.0 Å². The second kappa shape index (κ2) is 15.0. The highest BCUT2D eigenvalue weighted by atomic mass is 28.3. The minimum absolute atomic E-state index is 0.0501. The summed E-state index contributed by atoms with van der Waals surface area (Å²) in [5.74, 6) is 3.07. The minimum Gasteiger partial charge on any atom is -0.457 e. The van der Waals surface area contributed by atoms with Crippen LogP contribution in [-0.2, 0) is 4.66 Å². The van der Waals surface area contributed by atoms with Crippen LogP contribution in [0.5, 0.6) is 11.5 Å². The summed E-state index contributed by atoms with van der Waals surface area (Å²) in [5.41, 5.74) is 8.87. The molecule has 9 aromatic rings. The Balaban J connectivity index is 1.29. The highest BCUT2D eigenvalue weighted by molar-refractivity contribution is 7.20. The van der Waals surface area contributed by atoms with Gasteiger partial charge in [-0.25, -0.2) is 4.98 Å². The molecule has 0 bridgehead atoms. The molecule has 61 heavy (non-hydrogen) atoms. The predicted molar refractivity (Wildman–Crippen MR) is 266 cm³/mol. The monoisotopic (exact) mass is 845 g/mol. The largest absolute Gasteiger partial charge is 0.457 e. The zero-order valence-corrected chi connectivity index (χ0v) is 40.1. The van der Waals surface area contributed by atoms with E-state index in [0.717, 1.165) is 45.0 Å². The van der Waals surface area contributed by atoms with Crippen molar-refractivity contribution in [3.8, 4) is 17.2 Å². The highest BCUT2D eigenvalue weighted by Crippen LogP contribution is 2.49. The summed E-state index contributed by atoms with van der Waals surface area (Å²) in [4.78, 5) is 5.28. The Morgan fingerprint density at radius 3 is 1.75 bits per heavy atom. The van der Waals surface area contributed by atoms with Crippen LogP contribution >= 0.6 is 0 Å². The molecule has 0 aliphatic carbocycles. The Kier molecular flexibility index (Phi) is 9.70. The van der Waals surface area contributed by atoms with Crippen LogP contribution in [0.4, 0.5) is 0 Å². The van der Waals surface area contributed by atoms with Gasteiger partial charge in [0.2, 0.25) is 5.78 Å². The average molecular weight is 846 g/mol. The van der Waals surface area contributed by atoms with Crippen LogP contribution in [-0.4, -0.2) is 41.1 Å². The number of hydrogen-bond donors (Lipinski definition) is 0. The standard InChI is InChI=1S/C54H55N3OSi3/c1-52(2,3)36-59-54(60-37-53(4,5)6)42-27-13-18-33-48(42)58-50-43(54)28-20-34-49(50)61(39-22-9-7-10-23-39,40-24-11-8-12-25-40)41-26-19-21-38(35-41)56-46-31-16-17-32-47(46)57-45-30-15-14-29-44(45)55-51(56)57/h7-35H,36-37,59-60H2,1-6H3. The summed E-state index contributed by atoms with van der Waals surface area (Å²) in [6.07, 6.45) is 0. The predicted octanol–water partition coefficient (Wildman–Crippen LogP) is 9.38. The number of para-hydroxylation sites is 6. The van der Waals surface area contributed by atoms with Crippen molar-refractivity contribution in [2.24, 2.45) is 10.8 Å². The lowest BCUT2D eigenvalue weighted by Gasteiger charge is -2.45. The molecule has 4 nitrogen and oxygen atoms in total. The molecule has 0 saturated carbocycles. The van der Waals surface area contributed by atoms with Gasteiger partial charge in [0.15, 0.2) is 8.07 Å². The topological polar surface area (TPSA) is 31.5 Å². The Morgan fingerprint density at radius 2 is 1.08 bits per heavy atom. The summed E-state index contributed by atoms with van der Waals surface area (Å²) in [6, 6.07) is 68.3. The number of ether oxygens (including phenoxy) is 1. The molecular formula is C54H55N3OSi3. The van der Waals surface area contributed by atoms with Gasteiger partial charge >= 0.3 is 0 Å². The molecule has 0 amide bonds. The summed E-state index contributed by atoms with van der Waals surface area (Å²) in [6.45, 7) is 14.6. The number of fused-ring (bicyclic) bond motifs is 7. The van der Waals surface area contributed by atoms with Crippen molar-refractivity contribution in [3.05, 3.63) is 187 Å². The third-order valence-corrected chi connectivity index (χ3v) is 26.8. The lowest BCUT2D eigenvalue weighted by atomic mass is 9.98. The molecule has 2 aromatic heterocycles. The smallest absolute Gasteiger partial charge is 0.220 e. The van der Waals surface area contributed by atoms with Crippen molar-refractivity contribution >= 4 is 75.7 Å². The summed E-state index contributed by atoms with van der Waals surface area (Å²) in [5, 5.41) is 5.32. The van der Waals surface area contributed by atoms with Gasteiger partial charge in [0, 0.05) is 29.4 Å². The first-order chi connectivity index (χ1) is 29.5. The van der Waals surface area contributed by atoms with Crippen molar-refractivity contribution in [3.63, 3.8) is 0 Å². The first-order valence-corrected chi connectivity index (χ1v) is 27.4. The Labute approximate surface area is 365 Å². The first-order valence-electron chi connectivity index (χ1n) is 22.0. The molecule has 10 rings (SSSR count). The third-order valence-electron chi connectivity index (χ3n) is 13.2. The lowest BCUT2D eigenvalue weighted by Crippen LogP contribution is -2.75. The van der Waals surface area contributed by atoms with E-state index in [-0.39, 0.29) is 15.5 Å². The van der Waals surface area contributed by atoms with Crippen molar-refractivity contribution in [2.45, 2.75) is 58.3 Å². The summed E-state index contributed by atoms with van der Waals surface area (Å²) < 4.78 is 12.2. The van der Waals surface area contributed by atoms with E-state index >= 15 is 0 Å². The van der Waals surface area contributed by atoms with E-state index in [4.69, 9.17) is 9.72 Å². The van der Waals surface area contributed by atoms with Crippen molar-refractivity contribution in [1.82, 2.24) is 14.0 Å².